The number of carbonyl (C=O) groups is 1. The van der Waals surface area contributed by atoms with Gasteiger partial charge in [-0.1, -0.05) is 13.3 Å². The average Bonchev–Trinajstić information content (AvgIpc) is 3.06. The fourth-order valence-corrected chi connectivity index (χ4v) is 3.63. The van der Waals surface area contributed by atoms with Crippen molar-refractivity contribution in [2.75, 3.05) is 45.8 Å². The minimum atomic E-state index is 0.0350. The van der Waals surface area contributed by atoms with E-state index in [0.29, 0.717) is 11.9 Å². The molecule has 5 heteroatoms. The molecule has 2 N–H and O–H groups in total. The summed E-state index contributed by atoms with van der Waals surface area (Å²) in [6, 6.07) is 0.550. The summed E-state index contributed by atoms with van der Waals surface area (Å²) in [7, 11) is 0. The molecule has 2 saturated heterocycles. The van der Waals surface area contributed by atoms with E-state index >= 15 is 0 Å². The third-order valence-corrected chi connectivity index (χ3v) is 5.08. The predicted octanol–water partition coefficient (Wildman–Crippen LogP) is 0.742. The van der Waals surface area contributed by atoms with E-state index < -0.39 is 0 Å². The monoisotopic (exact) mass is 296 g/mol. The van der Waals surface area contributed by atoms with Crippen molar-refractivity contribution < 1.29 is 4.79 Å². The number of likely N-dealkylation sites (tertiary alicyclic amines) is 1. The molecule has 2 rings (SSSR count). The number of amides is 1. The number of rotatable bonds is 6. The Bertz CT molecular complexity index is 322. The van der Waals surface area contributed by atoms with E-state index in [0.717, 1.165) is 45.8 Å². The van der Waals surface area contributed by atoms with Crippen molar-refractivity contribution in [2.45, 2.75) is 51.6 Å². The predicted molar refractivity (Wildman–Crippen MR) is 86.2 cm³/mol. The first-order valence-corrected chi connectivity index (χ1v) is 8.64. The molecular formula is C16H32N4O. The van der Waals surface area contributed by atoms with Gasteiger partial charge in [-0.05, 0) is 26.2 Å². The zero-order valence-corrected chi connectivity index (χ0v) is 13.8. The summed E-state index contributed by atoms with van der Waals surface area (Å²) < 4.78 is 0. The maximum Gasteiger partial charge on any atom is 0.239 e. The van der Waals surface area contributed by atoms with Crippen molar-refractivity contribution >= 4 is 5.91 Å². The first kappa shape index (κ1) is 16.7. The van der Waals surface area contributed by atoms with E-state index in [-0.39, 0.29) is 6.04 Å². The lowest BCUT2D eigenvalue weighted by molar-refractivity contribution is -0.136. The third-order valence-electron chi connectivity index (χ3n) is 5.08. The van der Waals surface area contributed by atoms with Gasteiger partial charge in [0.05, 0.1) is 6.04 Å². The topological polar surface area (TPSA) is 52.8 Å². The largest absolute Gasteiger partial charge is 0.341 e. The Morgan fingerprint density at radius 2 is 1.62 bits per heavy atom. The smallest absolute Gasteiger partial charge is 0.239 e. The summed E-state index contributed by atoms with van der Waals surface area (Å²) in [5.74, 6) is 0.324. The fraction of sp³-hybridized carbons (Fsp3) is 0.938. The van der Waals surface area contributed by atoms with Gasteiger partial charge in [0.2, 0.25) is 5.91 Å². The van der Waals surface area contributed by atoms with Gasteiger partial charge in [-0.15, -0.1) is 0 Å². The second-order valence-corrected chi connectivity index (χ2v) is 6.46. The zero-order valence-electron chi connectivity index (χ0n) is 13.8. The van der Waals surface area contributed by atoms with Crippen LogP contribution in [0.5, 0.6) is 0 Å². The van der Waals surface area contributed by atoms with Crippen LogP contribution in [0.4, 0.5) is 0 Å². The molecule has 0 spiro atoms. The van der Waals surface area contributed by atoms with Crippen LogP contribution in [-0.2, 0) is 4.79 Å². The minimum absolute atomic E-state index is 0.0350. The van der Waals surface area contributed by atoms with Crippen molar-refractivity contribution in [2.24, 2.45) is 5.73 Å². The van der Waals surface area contributed by atoms with E-state index in [1.165, 1.54) is 25.7 Å². The summed E-state index contributed by atoms with van der Waals surface area (Å²) in [5.41, 5.74) is 5.90. The summed E-state index contributed by atoms with van der Waals surface area (Å²) >= 11 is 0. The summed E-state index contributed by atoms with van der Waals surface area (Å²) in [4.78, 5) is 19.4. The SMILES string of the molecule is CCCC(CN)N1CCN(C(C)C(=O)N2CCCC2)CC1. The van der Waals surface area contributed by atoms with E-state index in [9.17, 15) is 4.79 Å². The van der Waals surface area contributed by atoms with Crippen LogP contribution in [0.15, 0.2) is 0 Å². The lowest BCUT2D eigenvalue weighted by atomic mass is 10.1. The van der Waals surface area contributed by atoms with Gasteiger partial charge >= 0.3 is 0 Å². The van der Waals surface area contributed by atoms with Crippen molar-refractivity contribution in [3.63, 3.8) is 0 Å². The van der Waals surface area contributed by atoms with Crippen molar-refractivity contribution in [1.82, 2.24) is 14.7 Å². The highest BCUT2D eigenvalue weighted by Gasteiger charge is 2.31. The molecular weight excluding hydrogens is 264 g/mol. The molecule has 0 aromatic rings. The lowest BCUT2D eigenvalue weighted by Gasteiger charge is -2.41. The number of hydrogen-bond donors (Lipinski definition) is 1. The van der Waals surface area contributed by atoms with Crippen LogP contribution in [0.3, 0.4) is 0 Å². The van der Waals surface area contributed by atoms with Gasteiger partial charge in [0.15, 0.2) is 0 Å². The average molecular weight is 296 g/mol. The van der Waals surface area contributed by atoms with E-state index in [1.54, 1.807) is 0 Å². The first-order chi connectivity index (χ1) is 10.2. The highest BCUT2D eigenvalue weighted by atomic mass is 16.2. The Morgan fingerprint density at radius 1 is 1.05 bits per heavy atom. The number of nitrogens with two attached hydrogens (primary N) is 1. The van der Waals surface area contributed by atoms with Crippen LogP contribution in [0, 0.1) is 0 Å². The zero-order chi connectivity index (χ0) is 15.2. The molecule has 2 aliphatic rings. The quantitative estimate of drug-likeness (QED) is 0.785. The van der Waals surface area contributed by atoms with Gasteiger partial charge in [0.25, 0.3) is 0 Å². The molecule has 0 saturated carbocycles. The maximum absolute atomic E-state index is 12.5. The lowest BCUT2D eigenvalue weighted by Crippen LogP contribution is -2.57. The van der Waals surface area contributed by atoms with Crippen LogP contribution >= 0.6 is 0 Å². The normalized spacial score (nSPS) is 24.2. The summed E-state index contributed by atoms with van der Waals surface area (Å²) in [6.45, 7) is 11.0. The number of carbonyl (C=O) groups excluding carboxylic acids is 1. The molecule has 2 atom stereocenters. The van der Waals surface area contributed by atoms with E-state index in [1.807, 2.05) is 4.90 Å². The van der Waals surface area contributed by atoms with Crippen LogP contribution < -0.4 is 5.73 Å². The molecule has 21 heavy (non-hydrogen) atoms. The highest BCUT2D eigenvalue weighted by molar-refractivity contribution is 5.81. The summed E-state index contributed by atoms with van der Waals surface area (Å²) in [6.07, 6.45) is 4.70. The highest BCUT2D eigenvalue weighted by Crippen LogP contribution is 2.15. The Morgan fingerprint density at radius 3 is 2.14 bits per heavy atom. The molecule has 2 heterocycles. The number of nitrogens with zero attached hydrogens (tertiary/aromatic N) is 3. The summed E-state index contributed by atoms with van der Waals surface area (Å²) in [5, 5.41) is 0. The molecule has 0 aliphatic carbocycles. The second kappa shape index (κ2) is 8.11. The van der Waals surface area contributed by atoms with E-state index in [4.69, 9.17) is 5.73 Å². The van der Waals surface area contributed by atoms with Gasteiger partial charge < -0.3 is 10.6 Å². The third kappa shape index (κ3) is 4.18. The van der Waals surface area contributed by atoms with Crippen LogP contribution in [0.2, 0.25) is 0 Å². The molecule has 2 unspecified atom stereocenters. The van der Waals surface area contributed by atoms with E-state index in [2.05, 4.69) is 23.6 Å². The fourth-order valence-electron chi connectivity index (χ4n) is 3.63. The van der Waals surface area contributed by atoms with Gasteiger partial charge in [-0.25, -0.2) is 0 Å². The maximum atomic E-state index is 12.5. The second-order valence-electron chi connectivity index (χ2n) is 6.46. The van der Waals surface area contributed by atoms with Crippen LogP contribution in [0.1, 0.15) is 39.5 Å². The number of hydrogen-bond acceptors (Lipinski definition) is 4. The Balaban J connectivity index is 1.81. The molecule has 5 nitrogen and oxygen atoms in total. The Kier molecular flexibility index (Phi) is 6.45. The van der Waals surface area contributed by atoms with Crippen molar-refractivity contribution in [1.29, 1.82) is 0 Å². The molecule has 1 amide bonds. The molecule has 2 aliphatic heterocycles. The minimum Gasteiger partial charge on any atom is -0.341 e. The van der Waals surface area contributed by atoms with Gasteiger partial charge in [-0.2, -0.15) is 0 Å². The molecule has 0 aromatic carbocycles. The Labute approximate surface area is 129 Å². The molecule has 122 valence electrons. The molecule has 0 radical (unpaired) electrons. The van der Waals surface area contributed by atoms with Crippen molar-refractivity contribution in [3.8, 4) is 0 Å². The van der Waals surface area contributed by atoms with Gasteiger partial charge in [0.1, 0.15) is 0 Å². The molecule has 2 fully saturated rings. The van der Waals surface area contributed by atoms with Gasteiger partial charge in [0, 0.05) is 51.9 Å². The van der Waals surface area contributed by atoms with Crippen LogP contribution in [0.25, 0.3) is 0 Å². The first-order valence-electron chi connectivity index (χ1n) is 8.64. The van der Waals surface area contributed by atoms with Crippen molar-refractivity contribution in [3.05, 3.63) is 0 Å². The van der Waals surface area contributed by atoms with Crippen LogP contribution in [-0.4, -0.2) is 78.5 Å². The molecule has 0 aromatic heterocycles. The Hall–Kier alpha value is -0.650. The number of piperazine rings is 1. The standard InChI is InChI=1S/C16H32N4O/c1-3-6-15(13-17)19-11-9-18(10-12-19)14(2)16(21)20-7-4-5-8-20/h14-15H,3-13,17H2,1-2H3. The van der Waals surface area contributed by atoms with Gasteiger partial charge in [-0.3, -0.25) is 14.6 Å². The molecule has 0 bridgehead atoms.